The first-order valence-corrected chi connectivity index (χ1v) is 7.73. The van der Waals surface area contributed by atoms with Crippen LogP contribution in [-0.4, -0.2) is 15.7 Å². The molecule has 0 spiro atoms. The van der Waals surface area contributed by atoms with Crippen LogP contribution in [0.2, 0.25) is 0 Å². The lowest BCUT2D eigenvalue weighted by atomic mass is 9.84. The zero-order valence-electron chi connectivity index (χ0n) is 13.9. The third-order valence-electron chi connectivity index (χ3n) is 4.27. The topological polar surface area (TPSA) is 46.9 Å². The molecule has 0 unspecified atom stereocenters. The summed E-state index contributed by atoms with van der Waals surface area (Å²) in [6.07, 6.45) is 2.39. The molecule has 0 saturated carbocycles. The van der Waals surface area contributed by atoms with E-state index in [9.17, 15) is 4.79 Å². The zero-order valence-corrected chi connectivity index (χ0v) is 13.9. The first-order chi connectivity index (χ1) is 10.3. The molecular formula is C18H23N3O. The van der Waals surface area contributed by atoms with Gasteiger partial charge in [0.1, 0.15) is 5.82 Å². The number of aromatic nitrogens is 2. The first-order valence-electron chi connectivity index (χ1n) is 7.73. The third kappa shape index (κ3) is 2.43. The molecule has 1 aliphatic heterocycles. The molecule has 0 radical (unpaired) electrons. The highest BCUT2D eigenvalue weighted by Gasteiger charge is 2.33. The maximum absolute atomic E-state index is 12.2. The molecule has 22 heavy (non-hydrogen) atoms. The summed E-state index contributed by atoms with van der Waals surface area (Å²) in [5.41, 5.74) is 4.62. The Hall–Kier alpha value is -2.10. The molecule has 1 N–H and O–H groups in total. The van der Waals surface area contributed by atoms with Crippen LogP contribution in [0.3, 0.4) is 0 Å². The highest BCUT2D eigenvalue weighted by Crippen LogP contribution is 2.40. The highest BCUT2D eigenvalue weighted by atomic mass is 16.1. The van der Waals surface area contributed by atoms with Crippen LogP contribution >= 0.6 is 0 Å². The summed E-state index contributed by atoms with van der Waals surface area (Å²) in [5.74, 6) is 0.985. The lowest BCUT2D eigenvalue weighted by molar-refractivity contribution is -0.116. The van der Waals surface area contributed by atoms with Gasteiger partial charge in [-0.2, -0.15) is 5.10 Å². The van der Waals surface area contributed by atoms with E-state index in [1.54, 1.807) is 0 Å². The summed E-state index contributed by atoms with van der Waals surface area (Å²) in [7, 11) is 0. The molecule has 0 fully saturated rings. The number of aryl methyl sites for hydroxylation is 2. The van der Waals surface area contributed by atoms with E-state index < -0.39 is 0 Å². The van der Waals surface area contributed by atoms with Gasteiger partial charge in [-0.1, -0.05) is 23.8 Å². The number of fused-ring (bicyclic) bond motifs is 1. The number of carbonyl (C=O) groups excluding carboxylic acids is 1. The molecule has 3 rings (SSSR count). The molecule has 1 atom stereocenters. The van der Waals surface area contributed by atoms with Gasteiger partial charge in [0.15, 0.2) is 0 Å². The molecule has 4 heteroatoms. The molecule has 1 amide bonds. The van der Waals surface area contributed by atoms with Crippen LogP contribution in [0, 0.1) is 13.8 Å². The van der Waals surface area contributed by atoms with Gasteiger partial charge < -0.3 is 5.32 Å². The van der Waals surface area contributed by atoms with Crippen molar-refractivity contribution in [2.45, 2.75) is 52.5 Å². The molecule has 4 nitrogen and oxygen atoms in total. The van der Waals surface area contributed by atoms with Crippen molar-refractivity contribution in [2.24, 2.45) is 0 Å². The minimum Gasteiger partial charge on any atom is -0.311 e. The van der Waals surface area contributed by atoms with Crippen molar-refractivity contribution in [1.82, 2.24) is 9.78 Å². The van der Waals surface area contributed by atoms with E-state index in [4.69, 9.17) is 0 Å². The summed E-state index contributed by atoms with van der Waals surface area (Å²) in [4.78, 5) is 12.2. The van der Waals surface area contributed by atoms with Gasteiger partial charge in [-0.25, -0.2) is 4.68 Å². The number of nitrogens with one attached hydrogen (secondary N) is 1. The molecular weight excluding hydrogens is 274 g/mol. The maximum atomic E-state index is 12.2. The van der Waals surface area contributed by atoms with Crippen LogP contribution in [0.15, 0.2) is 24.4 Å². The summed E-state index contributed by atoms with van der Waals surface area (Å²) in [6, 6.07) is 6.43. The third-order valence-corrected chi connectivity index (χ3v) is 4.27. The molecule has 2 heterocycles. The molecule has 2 aromatic rings. The largest absolute Gasteiger partial charge is 0.311 e. The number of carbonyl (C=O) groups is 1. The van der Waals surface area contributed by atoms with E-state index in [0.717, 1.165) is 11.4 Å². The fraction of sp³-hybridized carbons (Fsp3) is 0.444. The van der Waals surface area contributed by atoms with E-state index in [2.05, 4.69) is 63.2 Å². The summed E-state index contributed by atoms with van der Waals surface area (Å²) in [6.45, 7) is 10.5. The van der Waals surface area contributed by atoms with Crippen molar-refractivity contribution in [1.29, 1.82) is 0 Å². The van der Waals surface area contributed by atoms with Gasteiger partial charge in [0.2, 0.25) is 5.91 Å². The molecule has 116 valence electrons. The second-order valence-corrected chi connectivity index (χ2v) is 7.20. The van der Waals surface area contributed by atoms with Gasteiger partial charge in [-0.3, -0.25) is 4.79 Å². The molecule has 1 aromatic carbocycles. The van der Waals surface area contributed by atoms with Gasteiger partial charge in [0, 0.05) is 17.9 Å². The van der Waals surface area contributed by atoms with Gasteiger partial charge in [-0.05, 0) is 45.7 Å². The summed E-state index contributed by atoms with van der Waals surface area (Å²) in [5, 5.41) is 7.54. The minimum absolute atomic E-state index is 0.0596. The standard InChI is InChI=1S/C18H23N3O/c1-11-6-7-12(2)13(8-11)14-9-16(22)20-17-15(14)10-19-21(17)18(3,4)5/h6-8,10,14H,9H2,1-5H3,(H,20,22)/t14-/m0/s1. The Morgan fingerprint density at radius 2 is 1.95 bits per heavy atom. The van der Waals surface area contributed by atoms with Gasteiger partial charge >= 0.3 is 0 Å². The lowest BCUT2D eigenvalue weighted by Crippen LogP contribution is -2.30. The van der Waals surface area contributed by atoms with Crippen molar-refractivity contribution >= 4 is 11.7 Å². The van der Waals surface area contributed by atoms with Crippen molar-refractivity contribution in [3.63, 3.8) is 0 Å². The van der Waals surface area contributed by atoms with Crippen LogP contribution in [-0.2, 0) is 10.3 Å². The smallest absolute Gasteiger partial charge is 0.226 e. The molecule has 0 saturated heterocycles. The van der Waals surface area contributed by atoms with Crippen molar-refractivity contribution in [3.05, 3.63) is 46.6 Å². The second kappa shape index (κ2) is 4.97. The van der Waals surface area contributed by atoms with E-state index in [-0.39, 0.29) is 17.4 Å². The quantitative estimate of drug-likeness (QED) is 0.872. The van der Waals surface area contributed by atoms with Crippen molar-refractivity contribution in [2.75, 3.05) is 5.32 Å². The Balaban J connectivity index is 2.15. The average Bonchev–Trinajstić information content (AvgIpc) is 2.84. The Bertz CT molecular complexity index is 737. The van der Waals surface area contributed by atoms with Gasteiger partial charge in [-0.15, -0.1) is 0 Å². The van der Waals surface area contributed by atoms with Crippen LogP contribution in [0.4, 0.5) is 5.82 Å². The highest BCUT2D eigenvalue weighted by molar-refractivity contribution is 5.94. The van der Waals surface area contributed by atoms with Crippen molar-refractivity contribution < 1.29 is 4.79 Å². The van der Waals surface area contributed by atoms with E-state index in [1.165, 1.54) is 16.7 Å². The number of amides is 1. The number of nitrogens with zero attached hydrogens (tertiary/aromatic N) is 2. The number of benzene rings is 1. The normalized spacial score (nSPS) is 18.0. The predicted octanol–water partition coefficient (Wildman–Crippen LogP) is 3.73. The SMILES string of the molecule is Cc1ccc(C)c([C@@H]2CC(=O)Nc3c2cnn3C(C)(C)C)c1. The summed E-state index contributed by atoms with van der Waals surface area (Å²) < 4.78 is 1.91. The van der Waals surface area contributed by atoms with Crippen LogP contribution in [0.25, 0.3) is 0 Å². The van der Waals surface area contributed by atoms with Crippen molar-refractivity contribution in [3.8, 4) is 0 Å². The first kappa shape index (κ1) is 14.8. The van der Waals surface area contributed by atoms with Crippen LogP contribution in [0.5, 0.6) is 0 Å². The summed E-state index contributed by atoms with van der Waals surface area (Å²) >= 11 is 0. The Morgan fingerprint density at radius 1 is 1.23 bits per heavy atom. The Labute approximate surface area is 131 Å². The fourth-order valence-corrected chi connectivity index (χ4v) is 3.14. The lowest BCUT2D eigenvalue weighted by Gasteiger charge is -2.28. The number of rotatable bonds is 1. The predicted molar refractivity (Wildman–Crippen MR) is 88.2 cm³/mol. The second-order valence-electron chi connectivity index (χ2n) is 7.20. The Morgan fingerprint density at radius 3 is 2.64 bits per heavy atom. The number of anilines is 1. The number of hydrogen-bond acceptors (Lipinski definition) is 2. The zero-order chi connectivity index (χ0) is 16.1. The Kier molecular flexibility index (Phi) is 3.35. The van der Waals surface area contributed by atoms with Gasteiger partial charge in [0.25, 0.3) is 0 Å². The van der Waals surface area contributed by atoms with Crippen LogP contribution in [0.1, 0.15) is 55.4 Å². The van der Waals surface area contributed by atoms with E-state index in [1.807, 2.05) is 10.9 Å². The maximum Gasteiger partial charge on any atom is 0.226 e. The molecule has 1 aromatic heterocycles. The molecule has 0 aliphatic carbocycles. The molecule has 0 bridgehead atoms. The monoisotopic (exact) mass is 297 g/mol. The van der Waals surface area contributed by atoms with E-state index in [0.29, 0.717) is 6.42 Å². The number of hydrogen-bond donors (Lipinski definition) is 1. The average molecular weight is 297 g/mol. The minimum atomic E-state index is -0.162. The van der Waals surface area contributed by atoms with E-state index >= 15 is 0 Å². The van der Waals surface area contributed by atoms with Gasteiger partial charge in [0.05, 0.1) is 11.7 Å². The molecule has 1 aliphatic rings. The van der Waals surface area contributed by atoms with Crippen LogP contribution < -0.4 is 5.32 Å². The fourth-order valence-electron chi connectivity index (χ4n) is 3.14.